The Morgan fingerprint density at radius 2 is 2.03 bits per heavy atom. The molecule has 2 N–H and O–H groups in total. The molecule has 0 radical (unpaired) electrons. The van der Waals surface area contributed by atoms with Crippen molar-refractivity contribution < 1.29 is 19.4 Å². The summed E-state index contributed by atoms with van der Waals surface area (Å²) in [6.07, 6.45) is 6.59. The lowest BCUT2D eigenvalue weighted by Crippen LogP contribution is -2.37. The monoisotopic (exact) mass is 455 g/mol. The number of carboxylic acids is 1. The van der Waals surface area contributed by atoms with E-state index in [1.54, 1.807) is 54.7 Å². The lowest BCUT2D eigenvalue weighted by atomic mass is 10.1. The Morgan fingerprint density at radius 3 is 2.72 bits per heavy atom. The third-order valence-electron chi connectivity index (χ3n) is 4.51. The highest BCUT2D eigenvalue weighted by atomic mass is 79.9. The zero-order valence-electron chi connectivity index (χ0n) is 15.4. The molecular weight excluding hydrogens is 438 g/mol. The molecule has 2 aromatic carbocycles. The summed E-state index contributed by atoms with van der Waals surface area (Å²) in [4.78, 5) is 11.9. The number of allylic oxidation sites excluding steroid dienone is 2. The summed E-state index contributed by atoms with van der Waals surface area (Å²) >= 11 is 3.36. The summed E-state index contributed by atoms with van der Waals surface area (Å²) in [6.45, 7) is 0. The topological polar surface area (TPSA) is 83.4 Å². The van der Waals surface area contributed by atoms with Gasteiger partial charge in [-0.2, -0.15) is 15.6 Å². The van der Waals surface area contributed by atoms with Crippen LogP contribution in [0.25, 0.3) is 0 Å². The molecule has 0 spiro atoms. The van der Waals surface area contributed by atoms with Crippen LogP contribution in [0.4, 0.5) is 5.69 Å². The second-order valence-electron chi connectivity index (χ2n) is 6.41. The minimum absolute atomic E-state index is 0.0548. The maximum Gasteiger partial charge on any atom is 0.349 e. The minimum Gasteiger partial charge on any atom is -0.497 e. The van der Waals surface area contributed by atoms with Crippen LogP contribution in [-0.2, 0) is 4.79 Å². The Hall–Kier alpha value is -3.10. The summed E-state index contributed by atoms with van der Waals surface area (Å²) in [6, 6.07) is 12.1. The third kappa shape index (κ3) is 4.03. The van der Waals surface area contributed by atoms with Crippen LogP contribution in [0.3, 0.4) is 0 Å². The van der Waals surface area contributed by atoms with Crippen LogP contribution >= 0.6 is 15.9 Å². The molecule has 1 aliphatic carbocycles. The second-order valence-corrected chi connectivity index (χ2v) is 7.32. The van der Waals surface area contributed by atoms with Crippen molar-refractivity contribution in [1.82, 2.24) is 5.43 Å². The number of benzene rings is 2. The van der Waals surface area contributed by atoms with Gasteiger partial charge in [-0.05, 0) is 30.3 Å². The molecule has 4 rings (SSSR count). The predicted octanol–water partition coefficient (Wildman–Crippen LogP) is 3.84. The van der Waals surface area contributed by atoms with Gasteiger partial charge in [0.05, 0.1) is 18.9 Å². The third-order valence-corrected chi connectivity index (χ3v) is 5.04. The number of hydrogen-bond donors (Lipinski definition) is 2. The summed E-state index contributed by atoms with van der Waals surface area (Å²) in [5.74, 6) is -0.121. The van der Waals surface area contributed by atoms with E-state index in [4.69, 9.17) is 9.47 Å². The minimum atomic E-state index is -1.17. The molecule has 2 unspecified atom stereocenters. The Kier molecular flexibility index (Phi) is 5.37. The molecule has 0 aromatic heterocycles. The smallest absolute Gasteiger partial charge is 0.349 e. The van der Waals surface area contributed by atoms with Crippen molar-refractivity contribution in [3.05, 3.63) is 76.8 Å². The fraction of sp³-hybridized carbons (Fsp3) is 0.143. The number of aliphatic carboxylic acids is 1. The average Bonchev–Trinajstić information content (AvgIpc) is 3.16. The number of hydrazone groups is 1. The van der Waals surface area contributed by atoms with Crippen molar-refractivity contribution in [3.8, 4) is 11.5 Å². The summed E-state index contributed by atoms with van der Waals surface area (Å²) in [7, 11) is 1.57. The number of rotatable bonds is 6. The standard InChI is InChI=1S/C21H18BrN3O4/c1-28-15-10-11-19(29-20(21(26)27)13-6-8-14(22)9-7-13)18(12-15)25-23-16-4-2-3-5-17(16)24-25/h2-12,16,20,23H,1H3,(H,26,27). The van der Waals surface area contributed by atoms with E-state index in [-0.39, 0.29) is 6.04 Å². The second kappa shape index (κ2) is 8.10. The number of methoxy groups -OCH3 is 1. The normalized spacial score (nSPS) is 18.2. The molecule has 0 amide bonds. The van der Waals surface area contributed by atoms with Crippen molar-refractivity contribution in [2.24, 2.45) is 5.10 Å². The zero-order chi connectivity index (χ0) is 20.4. The predicted molar refractivity (Wildman–Crippen MR) is 113 cm³/mol. The van der Waals surface area contributed by atoms with Crippen molar-refractivity contribution in [2.45, 2.75) is 12.1 Å². The van der Waals surface area contributed by atoms with Crippen LogP contribution in [-0.4, -0.2) is 29.9 Å². The van der Waals surface area contributed by atoms with Gasteiger partial charge in [0.25, 0.3) is 0 Å². The van der Waals surface area contributed by atoms with E-state index in [0.29, 0.717) is 22.7 Å². The first-order valence-electron chi connectivity index (χ1n) is 8.88. The number of fused-ring (bicyclic) bond motifs is 1. The first kappa shape index (κ1) is 19.2. The molecule has 1 heterocycles. The SMILES string of the molecule is COc1ccc(OC(C(=O)O)c2ccc(Br)cc2)c(N2N=C3C=CC=CC3N2)c1. The molecule has 0 bridgehead atoms. The molecule has 0 saturated carbocycles. The van der Waals surface area contributed by atoms with E-state index in [2.05, 4.69) is 26.5 Å². The van der Waals surface area contributed by atoms with E-state index in [1.807, 2.05) is 24.3 Å². The molecule has 7 nitrogen and oxygen atoms in total. The van der Waals surface area contributed by atoms with E-state index in [9.17, 15) is 9.90 Å². The summed E-state index contributed by atoms with van der Waals surface area (Å²) in [5.41, 5.74) is 5.19. The first-order valence-corrected chi connectivity index (χ1v) is 9.67. The molecule has 2 atom stereocenters. The molecule has 2 aromatic rings. The van der Waals surface area contributed by atoms with E-state index in [0.717, 1.165) is 10.2 Å². The van der Waals surface area contributed by atoms with Gasteiger partial charge in [0.1, 0.15) is 17.2 Å². The quantitative estimate of drug-likeness (QED) is 0.688. The number of nitrogens with one attached hydrogen (secondary N) is 1. The molecule has 148 valence electrons. The number of carbonyl (C=O) groups is 1. The number of hydrazine groups is 1. The van der Waals surface area contributed by atoms with Crippen molar-refractivity contribution in [1.29, 1.82) is 0 Å². The highest BCUT2D eigenvalue weighted by Crippen LogP contribution is 2.36. The van der Waals surface area contributed by atoms with Crippen LogP contribution in [0.15, 0.2) is 76.3 Å². The highest BCUT2D eigenvalue weighted by molar-refractivity contribution is 9.10. The van der Waals surface area contributed by atoms with Crippen molar-refractivity contribution in [2.75, 3.05) is 12.2 Å². The van der Waals surface area contributed by atoms with Gasteiger partial charge in [0, 0.05) is 16.1 Å². The highest BCUT2D eigenvalue weighted by Gasteiger charge is 2.29. The summed E-state index contributed by atoms with van der Waals surface area (Å²) < 4.78 is 12.1. The number of ether oxygens (including phenoxy) is 2. The molecule has 2 aliphatic rings. The largest absolute Gasteiger partial charge is 0.497 e. The average molecular weight is 456 g/mol. The van der Waals surface area contributed by atoms with Crippen LogP contribution in [0.5, 0.6) is 11.5 Å². The van der Waals surface area contributed by atoms with E-state index >= 15 is 0 Å². The first-order chi connectivity index (χ1) is 14.0. The van der Waals surface area contributed by atoms with Gasteiger partial charge in [-0.25, -0.2) is 4.79 Å². The van der Waals surface area contributed by atoms with Gasteiger partial charge in [0.2, 0.25) is 6.10 Å². The van der Waals surface area contributed by atoms with Crippen LogP contribution < -0.4 is 20.0 Å². The Bertz CT molecular complexity index is 1020. The fourth-order valence-electron chi connectivity index (χ4n) is 3.05. The van der Waals surface area contributed by atoms with Crippen LogP contribution in [0.2, 0.25) is 0 Å². The zero-order valence-corrected chi connectivity index (χ0v) is 17.0. The van der Waals surface area contributed by atoms with E-state index in [1.165, 1.54) is 0 Å². The molecule has 0 fully saturated rings. The lowest BCUT2D eigenvalue weighted by Gasteiger charge is -2.23. The van der Waals surface area contributed by atoms with Gasteiger partial charge in [-0.3, -0.25) is 0 Å². The number of halogens is 1. The Morgan fingerprint density at radius 1 is 1.24 bits per heavy atom. The number of anilines is 1. The number of nitrogens with zero attached hydrogens (tertiary/aromatic N) is 2. The van der Waals surface area contributed by atoms with Gasteiger partial charge >= 0.3 is 5.97 Å². The fourth-order valence-corrected chi connectivity index (χ4v) is 3.32. The number of hydrogen-bond acceptors (Lipinski definition) is 6. The van der Waals surface area contributed by atoms with Gasteiger partial charge in [-0.1, -0.05) is 46.3 Å². The van der Waals surface area contributed by atoms with Crippen molar-refractivity contribution in [3.63, 3.8) is 0 Å². The molecule has 0 saturated heterocycles. The van der Waals surface area contributed by atoms with Crippen molar-refractivity contribution >= 4 is 33.3 Å². The maximum atomic E-state index is 11.9. The van der Waals surface area contributed by atoms with E-state index < -0.39 is 12.1 Å². The Balaban J connectivity index is 1.69. The van der Waals surface area contributed by atoms with Gasteiger partial charge < -0.3 is 14.6 Å². The number of carboxylic acid groups (broad SMARTS) is 1. The molecule has 29 heavy (non-hydrogen) atoms. The van der Waals surface area contributed by atoms with Crippen LogP contribution in [0.1, 0.15) is 11.7 Å². The van der Waals surface area contributed by atoms with Crippen LogP contribution in [0, 0.1) is 0 Å². The summed E-state index contributed by atoms with van der Waals surface area (Å²) in [5, 5.41) is 15.9. The lowest BCUT2D eigenvalue weighted by molar-refractivity contribution is -0.145. The maximum absolute atomic E-state index is 11.9. The Labute approximate surface area is 176 Å². The molecule has 1 aliphatic heterocycles. The van der Waals surface area contributed by atoms with Gasteiger partial charge in [0.15, 0.2) is 0 Å². The molecular formula is C21H18BrN3O4. The molecule has 8 heteroatoms. The van der Waals surface area contributed by atoms with Gasteiger partial charge in [-0.15, -0.1) is 0 Å².